The number of hydrogen-bond donors (Lipinski definition) is 2. The Morgan fingerprint density at radius 2 is 1.95 bits per heavy atom. The second-order valence-corrected chi connectivity index (χ2v) is 12.6. The molecule has 2 N–H and O–H groups in total. The molecule has 42 heavy (non-hydrogen) atoms. The number of nitriles is 1. The zero-order valence-electron chi connectivity index (χ0n) is 22.5. The van der Waals surface area contributed by atoms with Crippen LogP contribution in [0.2, 0.25) is 5.02 Å². The van der Waals surface area contributed by atoms with Gasteiger partial charge in [-0.15, -0.1) is 0 Å². The fourth-order valence-electron chi connectivity index (χ4n) is 4.01. The number of nitrogens with one attached hydrogen (secondary N) is 1. The van der Waals surface area contributed by atoms with Gasteiger partial charge >= 0.3 is 10.3 Å². The number of fused-ring (bicyclic) bond motifs is 1. The van der Waals surface area contributed by atoms with E-state index in [2.05, 4.69) is 15.3 Å². The lowest BCUT2D eigenvalue weighted by Gasteiger charge is -2.26. The van der Waals surface area contributed by atoms with Crippen molar-refractivity contribution in [1.29, 1.82) is 5.26 Å². The number of aromatic nitrogens is 2. The molecular weight excluding hydrogens is 607 g/mol. The molecule has 5 rings (SSSR count). The molecule has 2 aromatic heterocycles. The lowest BCUT2D eigenvalue weighted by molar-refractivity contribution is -0.117. The van der Waals surface area contributed by atoms with Crippen LogP contribution in [0, 0.1) is 23.1 Å². The van der Waals surface area contributed by atoms with Gasteiger partial charge in [-0.25, -0.2) is 18.7 Å². The number of ether oxygens (including phenoxy) is 1. The Bertz CT molecular complexity index is 1860. The van der Waals surface area contributed by atoms with Crippen LogP contribution in [0.4, 0.5) is 32.4 Å². The van der Waals surface area contributed by atoms with Gasteiger partial charge in [0.05, 0.1) is 11.4 Å². The highest BCUT2D eigenvalue weighted by Crippen LogP contribution is 2.42. The second kappa shape index (κ2) is 11.0. The highest BCUT2D eigenvalue weighted by atomic mass is 35.5. The summed E-state index contributed by atoms with van der Waals surface area (Å²) in [5.41, 5.74) is -1.22. The molecule has 2 aromatic carbocycles. The average molecular weight is 631 g/mol. The monoisotopic (exact) mass is 630 g/mol. The largest absolute Gasteiger partial charge is 0.471 e. The molecule has 0 unspecified atom stereocenters. The molecule has 1 aliphatic carbocycles. The molecule has 0 atom stereocenters. The van der Waals surface area contributed by atoms with Crippen molar-refractivity contribution in [1.82, 2.24) is 9.97 Å². The zero-order valence-corrected chi connectivity index (χ0v) is 24.9. The van der Waals surface area contributed by atoms with Gasteiger partial charge in [0, 0.05) is 18.7 Å². The van der Waals surface area contributed by atoms with E-state index in [-0.39, 0.29) is 28.3 Å². The first-order chi connectivity index (χ1) is 19.8. The summed E-state index contributed by atoms with van der Waals surface area (Å²) in [7, 11) is -3.47. The third-order valence-corrected chi connectivity index (χ3v) is 8.44. The molecule has 2 heterocycles. The highest BCUT2D eigenvalue weighted by molar-refractivity contribution is 7.87. The van der Waals surface area contributed by atoms with Crippen LogP contribution in [-0.2, 0) is 15.1 Å². The van der Waals surface area contributed by atoms with Crippen LogP contribution in [0.1, 0.15) is 26.7 Å². The van der Waals surface area contributed by atoms with E-state index in [9.17, 15) is 23.0 Å². The molecule has 4 aromatic rings. The van der Waals surface area contributed by atoms with Crippen LogP contribution in [-0.4, -0.2) is 41.5 Å². The van der Waals surface area contributed by atoms with E-state index in [0.29, 0.717) is 31.3 Å². The number of nitrogens with zero attached hydrogens (tertiary/aromatic N) is 5. The summed E-state index contributed by atoms with van der Waals surface area (Å²) in [6.07, 6.45) is 1.73. The van der Waals surface area contributed by atoms with Gasteiger partial charge in [0.15, 0.2) is 10.7 Å². The predicted molar refractivity (Wildman–Crippen MR) is 159 cm³/mol. The second-order valence-electron chi connectivity index (χ2n) is 10.0. The first-order valence-electron chi connectivity index (χ1n) is 12.6. The van der Waals surface area contributed by atoms with Crippen LogP contribution in [0.3, 0.4) is 0 Å². The van der Waals surface area contributed by atoms with E-state index in [0.717, 1.165) is 18.9 Å². The minimum atomic E-state index is -5.11. The average Bonchev–Trinajstić information content (AvgIpc) is 3.71. The molecular formula is C27H24ClFN6O5S2. The molecule has 0 aliphatic heterocycles. The number of carbonyl (C=O) groups excluding carboxylic acids is 1. The molecule has 15 heteroatoms. The van der Waals surface area contributed by atoms with Crippen molar-refractivity contribution in [2.75, 3.05) is 21.6 Å². The van der Waals surface area contributed by atoms with Gasteiger partial charge in [0.2, 0.25) is 5.91 Å². The van der Waals surface area contributed by atoms with Crippen LogP contribution >= 0.6 is 22.9 Å². The minimum absolute atomic E-state index is 0.0240. The van der Waals surface area contributed by atoms with Gasteiger partial charge in [0.1, 0.15) is 38.8 Å². The summed E-state index contributed by atoms with van der Waals surface area (Å²) in [6.45, 7) is 2.97. The van der Waals surface area contributed by atoms with Gasteiger partial charge in [-0.05, 0) is 69.2 Å². The number of halogens is 2. The number of hydrogen-bond acceptors (Lipinski definition) is 9. The van der Waals surface area contributed by atoms with Crippen LogP contribution in [0.25, 0.3) is 10.3 Å². The SMILES string of the molecule is CN(c1ccc(F)c(N(c2cccc(OC(C)(C)C#N)c2Cl)S(=O)(=O)O)c1)c1ccc2nc(NC(=O)C3CC3)sc2n1. The lowest BCUT2D eigenvalue weighted by atomic mass is 10.1. The molecule has 1 fully saturated rings. The van der Waals surface area contributed by atoms with Crippen molar-refractivity contribution in [3.8, 4) is 11.8 Å². The molecule has 0 saturated heterocycles. The molecule has 0 radical (unpaired) electrons. The number of anilines is 5. The normalized spacial score (nSPS) is 13.5. The van der Waals surface area contributed by atoms with Crippen LogP contribution in [0.5, 0.6) is 5.75 Å². The Morgan fingerprint density at radius 3 is 2.62 bits per heavy atom. The highest BCUT2D eigenvalue weighted by Gasteiger charge is 2.31. The Morgan fingerprint density at radius 1 is 1.21 bits per heavy atom. The summed E-state index contributed by atoms with van der Waals surface area (Å²) in [5.74, 6) is -0.630. The summed E-state index contributed by atoms with van der Waals surface area (Å²) < 4.78 is 56.6. The predicted octanol–water partition coefficient (Wildman–Crippen LogP) is 6.22. The standard InChI is InChI=1S/C27H24ClFN6O5S2/c1-27(2,14-30)40-21-6-4-5-19(23(21)28)35(42(37,38)39)20-13-16(9-10-17(20)29)34(3)22-12-11-18-25(32-22)41-26(31-18)33-24(36)15-7-8-15/h4-6,9-13,15H,7-8H2,1-3H3,(H,31,33,36)(H,37,38,39). The number of rotatable bonds is 9. The molecule has 0 spiro atoms. The summed E-state index contributed by atoms with van der Waals surface area (Å²) in [4.78, 5) is 23.3. The van der Waals surface area contributed by atoms with Gasteiger partial charge in [-0.1, -0.05) is 29.0 Å². The Kier molecular flexibility index (Phi) is 7.71. The van der Waals surface area contributed by atoms with Crippen molar-refractivity contribution in [3.63, 3.8) is 0 Å². The van der Waals surface area contributed by atoms with Crippen molar-refractivity contribution in [3.05, 3.63) is 59.4 Å². The number of thiazole rings is 1. The van der Waals surface area contributed by atoms with Crippen LogP contribution < -0.4 is 19.3 Å². The van der Waals surface area contributed by atoms with Gasteiger partial charge < -0.3 is 15.0 Å². The molecule has 0 bridgehead atoms. The maximum atomic E-state index is 15.2. The van der Waals surface area contributed by atoms with Crippen molar-refractivity contribution < 1.29 is 26.9 Å². The van der Waals surface area contributed by atoms with E-state index in [1.54, 1.807) is 24.1 Å². The van der Waals surface area contributed by atoms with Crippen molar-refractivity contribution in [2.24, 2.45) is 5.92 Å². The molecule has 1 saturated carbocycles. The summed E-state index contributed by atoms with van der Waals surface area (Å²) >= 11 is 7.67. The third-order valence-electron chi connectivity index (χ3n) is 6.33. The molecule has 218 valence electrons. The topological polar surface area (TPSA) is 149 Å². The van der Waals surface area contributed by atoms with Gasteiger partial charge in [-0.3, -0.25) is 9.35 Å². The van der Waals surface area contributed by atoms with E-state index >= 15 is 4.39 Å². The number of amides is 1. The third kappa shape index (κ3) is 6.09. The molecule has 1 amide bonds. The maximum Gasteiger partial charge on any atom is 0.364 e. The van der Waals surface area contributed by atoms with E-state index in [1.807, 2.05) is 6.07 Å². The quantitative estimate of drug-likeness (QED) is 0.205. The maximum absolute atomic E-state index is 15.2. The zero-order chi connectivity index (χ0) is 30.4. The van der Waals surface area contributed by atoms with E-state index < -0.39 is 27.4 Å². The molecule has 1 aliphatic rings. The first-order valence-corrected chi connectivity index (χ1v) is 15.1. The Balaban J connectivity index is 1.50. The lowest BCUT2D eigenvalue weighted by Crippen LogP contribution is -2.28. The Hall–Kier alpha value is -4.03. The van der Waals surface area contributed by atoms with Crippen LogP contribution in [0.15, 0.2) is 48.5 Å². The smallest absolute Gasteiger partial charge is 0.364 e. The van der Waals surface area contributed by atoms with E-state index in [1.165, 1.54) is 55.5 Å². The van der Waals surface area contributed by atoms with Crippen molar-refractivity contribution >= 4 is 77.5 Å². The fraction of sp³-hybridized carbons (Fsp3) is 0.259. The first kappa shape index (κ1) is 29.5. The summed E-state index contributed by atoms with van der Waals surface area (Å²) in [6, 6.07) is 13.1. The number of pyridine rings is 1. The van der Waals surface area contributed by atoms with Gasteiger partial charge in [0.25, 0.3) is 0 Å². The number of carbonyl (C=O) groups is 1. The van der Waals surface area contributed by atoms with Crippen molar-refractivity contribution in [2.45, 2.75) is 32.3 Å². The van der Waals surface area contributed by atoms with E-state index in [4.69, 9.17) is 16.3 Å². The van der Waals surface area contributed by atoms with Gasteiger partial charge in [-0.2, -0.15) is 13.7 Å². The molecule has 11 nitrogen and oxygen atoms in total. The minimum Gasteiger partial charge on any atom is -0.471 e. The Labute approximate surface area is 250 Å². The summed E-state index contributed by atoms with van der Waals surface area (Å²) in [5, 5.41) is 12.3. The number of benzene rings is 2. The fourth-order valence-corrected chi connectivity index (χ4v) is 5.93.